The number of hydrogen-bond donors (Lipinski definition) is 2. The first-order chi connectivity index (χ1) is 13.1. The van der Waals surface area contributed by atoms with Crippen LogP contribution in [0, 0.1) is 0 Å². The number of carbonyl (C=O) groups is 1. The number of H-pyrrole nitrogens is 1. The molecule has 3 aromatic rings. The fourth-order valence-electron chi connectivity index (χ4n) is 2.89. The Hall–Kier alpha value is -3.35. The van der Waals surface area contributed by atoms with E-state index in [-0.39, 0.29) is 5.97 Å². The third kappa shape index (κ3) is 3.62. The van der Waals surface area contributed by atoms with E-state index in [9.17, 15) is 4.79 Å². The minimum Gasteiger partial charge on any atom is -0.493 e. The highest BCUT2D eigenvalue weighted by molar-refractivity contribution is 6.00. The molecule has 7 nitrogen and oxygen atoms in total. The van der Waals surface area contributed by atoms with Crippen molar-refractivity contribution in [3.05, 3.63) is 42.1 Å². The average Bonchev–Trinajstić information content (AvgIpc) is 3.13. The molecule has 1 aromatic heterocycles. The molecule has 0 unspecified atom stereocenters. The second-order valence-corrected chi connectivity index (χ2v) is 5.71. The number of carbonyl (C=O) groups excluding carboxylic acids is 1. The van der Waals surface area contributed by atoms with Crippen molar-refractivity contribution in [2.24, 2.45) is 0 Å². The van der Waals surface area contributed by atoms with Crippen LogP contribution in [0.1, 0.15) is 17.4 Å². The van der Waals surface area contributed by atoms with Crippen molar-refractivity contribution in [1.29, 1.82) is 0 Å². The Labute approximate surface area is 157 Å². The fourth-order valence-corrected chi connectivity index (χ4v) is 2.89. The predicted octanol–water partition coefficient (Wildman–Crippen LogP) is 4.11. The summed E-state index contributed by atoms with van der Waals surface area (Å²) in [7, 11) is 4.70. The number of aromatic nitrogens is 1. The number of benzene rings is 2. The number of anilines is 2. The topological polar surface area (TPSA) is 81.8 Å². The third-order valence-electron chi connectivity index (χ3n) is 4.10. The number of hydrogen-bond acceptors (Lipinski definition) is 6. The van der Waals surface area contributed by atoms with Crippen LogP contribution in [0.2, 0.25) is 0 Å². The zero-order chi connectivity index (χ0) is 19.4. The molecule has 1 heterocycles. The van der Waals surface area contributed by atoms with Crippen LogP contribution < -0.4 is 19.5 Å². The maximum Gasteiger partial charge on any atom is 0.354 e. The van der Waals surface area contributed by atoms with Gasteiger partial charge >= 0.3 is 5.97 Å². The summed E-state index contributed by atoms with van der Waals surface area (Å²) in [6.07, 6.45) is 0. The quantitative estimate of drug-likeness (QED) is 0.609. The van der Waals surface area contributed by atoms with E-state index < -0.39 is 0 Å². The molecule has 0 spiro atoms. The fraction of sp³-hybridized carbons (Fsp3) is 0.250. The number of aromatic amines is 1. The SMILES string of the molecule is CCOC(=O)c1cc2c(Nc3cc(OC)c(OC)c(OC)c3)cccc2[nH]1. The van der Waals surface area contributed by atoms with Gasteiger partial charge in [-0.2, -0.15) is 0 Å². The molecule has 0 aliphatic rings. The minimum atomic E-state index is -0.382. The van der Waals surface area contributed by atoms with Gasteiger partial charge in [-0.15, -0.1) is 0 Å². The summed E-state index contributed by atoms with van der Waals surface area (Å²) in [6.45, 7) is 2.10. The van der Waals surface area contributed by atoms with E-state index in [1.165, 1.54) is 0 Å². The van der Waals surface area contributed by atoms with Crippen LogP contribution >= 0.6 is 0 Å². The van der Waals surface area contributed by atoms with Crippen LogP contribution in [-0.2, 0) is 4.74 Å². The Morgan fingerprint density at radius 2 is 1.74 bits per heavy atom. The molecular weight excluding hydrogens is 348 g/mol. The molecule has 0 fully saturated rings. The first-order valence-electron chi connectivity index (χ1n) is 8.47. The van der Waals surface area contributed by atoms with Crippen molar-refractivity contribution >= 4 is 28.2 Å². The number of methoxy groups -OCH3 is 3. The van der Waals surface area contributed by atoms with Crippen LogP contribution in [0.25, 0.3) is 10.9 Å². The molecule has 0 aliphatic carbocycles. The number of nitrogens with one attached hydrogen (secondary N) is 2. The van der Waals surface area contributed by atoms with E-state index in [1.807, 2.05) is 30.3 Å². The van der Waals surface area contributed by atoms with Gasteiger partial charge in [0.25, 0.3) is 0 Å². The summed E-state index contributed by atoms with van der Waals surface area (Å²) >= 11 is 0. The van der Waals surface area contributed by atoms with Crippen LogP contribution in [0.4, 0.5) is 11.4 Å². The Balaban J connectivity index is 2.00. The lowest BCUT2D eigenvalue weighted by Crippen LogP contribution is -2.04. The summed E-state index contributed by atoms with van der Waals surface area (Å²) in [6, 6.07) is 11.1. The van der Waals surface area contributed by atoms with Crippen LogP contribution in [0.5, 0.6) is 17.2 Å². The molecule has 27 heavy (non-hydrogen) atoms. The zero-order valence-corrected chi connectivity index (χ0v) is 15.7. The van der Waals surface area contributed by atoms with E-state index in [0.29, 0.717) is 29.5 Å². The van der Waals surface area contributed by atoms with Crippen molar-refractivity contribution in [2.45, 2.75) is 6.92 Å². The highest BCUT2D eigenvalue weighted by atomic mass is 16.5. The first kappa shape index (κ1) is 18.4. The highest BCUT2D eigenvalue weighted by Crippen LogP contribution is 2.41. The zero-order valence-electron chi connectivity index (χ0n) is 15.7. The van der Waals surface area contributed by atoms with Crippen LogP contribution in [0.3, 0.4) is 0 Å². The maximum atomic E-state index is 12.0. The van der Waals surface area contributed by atoms with Gasteiger partial charge in [0.2, 0.25) is 5.75 Å². The van der Waals surface area contributed by atoms with E-state index in [1.54, 1.807) is 34.3 Å². The van der Waals surface area contributed by atoms with Gasteiger partial charge in [0, 0.05) is 34.4 Å². The number of ether oxygens (including phenoxy) is 4. The lowest BCUT2D eigenvalue weighted by atomic mass is 10.2. The van der Waals surface area contributed by atoms with Gasteiger partial charge in [-0.1, -0.05) is 6.07 Å². The Morgan fingerprint density at radius 1 is 1.04 bits per heavy atom. The molecule has 3 rings (SSSR count). The molecule has 142 valence electrons. The molecule has 0 aliphatic heterocycles. The predicted molar refractivity (Wildman–Crippen MR) is 104 cm³/mol. The molecule has 2 N–H and O–H groups in total. The van der Waals surface area contributed by atoms with Gasteiger partial charge in [-0.3, -0.25) is 0 Å². The van der Waals surface area contributed by atoms with Gasteiger partial charge in [0.05, 0.1) is 27.9 Å². The summed E-state index contributed by atoms with van der Waals surface area (Å²) < 4.78 is 21.2. The van der Waals surface area contributed by atoms with Gasteiger partial charge in [0.1, 0.15) is 5.69 Å². The van der Waals surface area contributed by atoms with Gasteiger partial charge in [-0.05, 0) is 25.1 Å². The van der Waals surface area contributed by atoms with Gasteiger partial charge < -0.3 is 29.2 Å². The smallest absolute Gasteiger partial charge is 0.354 e. The Kier molecular flexibility index (Phi) is 5.40. The number of esters is 1. The summed E-state index contributed by atoms with van der Waals surface area (Å²) in [5.74, 6) is 1.24. The van der Waals surface area contributed by atoms with E-state index in [2.05, 4.69) is 10.3 Å². The molecular formula is C20H22N2O5. The van der Waals surface area contributed by atoms with Gasteiger partial charge in [-0.25, -0.2) is 4.79 Å². The number of fused-ring (bicyclic) bond motifs is 1. The van der Waals surface area contributed by atoms with Crippen LogP contribution in [0.15, 0.2) is 36.4 Å². The lowest BCUT2D eigenvalue weighted by molar-refractivity contribution is 0.0520. The van der Waals surface area contributed by atoms with Gasteiger partial charge in [0.15, 0.2) is 11.5 Å². The Bertz CT molecular complexity index is 939. The minimum absolute atomic E-state index is 0.324. The number of rotatable bonds is 7. The lowest BCUT2D eigenvalue weighted by Gasteiger charge is -2.15. The molecule has 7 heteroatoms. The highest BCUT2D eigenvalue weighted by Gasteiger charge is 2.15. The second kappa shape index (κ2) is 7.90. The monoisotopic (exact) mass is 370 g/mol. The molecule has 0 saturated carbocycles. The molecule has 0 amide bonds. The molecule has 0 saturated heterocycles. The maximum absolute atomic E-state index is 12.0. The normalized spacial score (nSPS) is 10.5. The van der Waals surface area contributed by atoms with Crippen molar-refractivity contribution < 1.29 is 23.7 Å². The standard InChI is InChI=1S/C20H22N2O5/c1-5-27-20(23)16-11-13-14(7-6-8-15(13)22-16)21-12-9-17(24-2)19(26-4)18(10-12)25-3/h6-11,21-22H,5H2,1-4H3. The Morgan fingerprint density at radius 3 is 2.33 bits per heavy atom. The average molecular weight is 370 g/mol. The molecule has 0 atom stereocenters. The van der Waals surface area contributed by atoms with Crippen molar-refractivity contribution in [3.63, 3.8) is 0 Å². The summed E-state index contributed by atoms with van der Waals surface area (Å²) in [4.78, 5) is 15.1. The van der Waals surface area contributed by atoms with Crippen molar-refractivity contribution in [2.75, 3.05) is 33.3 Å². The third-order valence-corrected chi connectivity index (χ3v) is 4.10. The van der Waals surface area contributed by atoms with E-state index in [4.69, 9.17) is 18.9 Å². The largest absolute Gasteiger partial charge is 0.493 e. The van der Waals surface area contributed by atoms with E-state index in [0.717, 1.165) is 22.3 Å². The summed E-state index contributed by atoms with van der Waals surface area (Å²) in [5, 5.41) is 4.21. The van der Waals surface area contributed by atoms with Crippen LogP contribution in [-0.4, -0.2) is 38.9 Å². The van der Waals surface area contributed by atoms with Crippen molar-refractivity contribution in [3.8, 4) is 17.2 Å². The van der Waals surface area contributed by atoms with E-state index >= 15 is 0 Å². The second-order valence-electron chi connectivity index (χ2n) is 5.71. The summed E-state index contributed by atoms with van der Waals surface area (Å²) in [5.41, 5.74) is 2.82. The first-order valence-corrected chi connectivity index (χ1v) is 8.47. The molecule has 0 bridgehead atoms. The molecule has 0 radical (unpaired) electrons. The van der Waals surface area contributed by atoms with Crippen molar-refractivity contribution in [1.82, 2.24) is 4.98 Å². The molecule has 2 aromatic carbocycles.